The fraction of sp³-hybridized carbons (Fsp3) is 0.133. The van der Waals surface area contributed by atoms with Crippen LogP contribution in [-0.4, -0.2) is 6.16 Å². The van der Waals surface area contributed by atoms with Crippen LogP contribution in [0.15, 0.2) is 48.5 Å². The van der Waals surface area contributed by atoms with Gasteiger partial charge >= 0.3 is 12.3 Å². The van der Waals surface area contributed by atoms with Crippen molar-refractivity contribution in [2.24, 2.45) is 0 Å². The lowest BCUT2D eigenvalue weighted by Crippen LogP contribution is -2.14. The van der Waals surface area contributed by atoms with Gasteiger partial charge in [0.25, 0.3) is 0 Å². The molecule has 0 heterocycles. The van der Waals surface area contributed by atoms with Crippen LogP contribution in [0.25, 0.3) is 0 Å². The molecule has 0 saturated heterocycles. The number of benzene rings is 2. The molecule has 0 saturated carbocycles. The molecule has 6 heteroatoms. The summed E-state index contributed by atoms with van der Waals surface area (Å²) >= 11 is 0. The largest absolute Gasteiger partial charge is 0.519 e. The van der Waals surface area contributed by atoms with Crippen LogP contribution in [0.3, 0.4) is 0 Å². The minimum Gasteiger partial charge on any atom is -0.395 e. The van der Waals surface area contributed by atoms with E-state index in [0.29, 0.717) is 0 Å². The van der Waals surface area contributed by atoms with Crippen LogP contribution < -0.4 is 9.47 Å². The molecular weight excluding hydrogens is 285 g/mol. The molecule has 0 aromatic heterocycles. The lowest BCUT2D eigenvalue weighted by Gasteiger charge is -2.08. The Labute approximate surface area is 118 Å². The van der Waals surface area contributed by atoms with Crippen LogP contribution in [0.4, 0.5) is 18.0 Å². The van der Waals surface area contributed by atoms with Gasteiger partial charge in [-0.25, -0.2) is 4.79 Å². The first-order valence-corrected chi connectivity index (χ1v) is 5.98. The maximum absolute atomic E-state index is 12.4. The van der Waals surface area contributed by atoms with E-state index >= 15 is 0 Å². The quantitative estimate of drug-likeness (QED) is 0.600. The van der Waals surface area contributed by atoms with E-state index in [0.717, 1.165) is 29.8 Å². The lowest BCUT2D eigenvalue weighted by atomic mass is 10.2. The van der Waals surface area contributed by atoms with Gasteiger partial charge < -0.3 is 9.47 Å². The zero-order valence-electron chi connectivity index (χ0n) is 11.0. The maximum Gasteiger partial charge on any atom is 0.519 e. The minimum absolute atomic E-state index is 0.0277. The Bertz CT molecular complexity index is 616. The van der Waals surface area contributed by atoms with E-state index in [9.17, 15) is 18.0 Å². The summed E-state index contributed by atoms with van der Waals surface area (Å²) in [5.74, 6) is 0.262. The second-order valence-corrected chi connectivity index (χ2v) is 4.29. The van der Waals surface area contributed by atoms with Crippen molar-refractivity contribution in [3.8, 4) is 11.5 Å². The highest BCUT2D eigenvalue weighted by Crippen LogP contribution is 2.30. The fourth-order valence-electron chi connectivity index (χ4n) is 1.53. The van der Waals surface area contributed by atoms with E-state index in [2.05, 4.69) is 0 Å². The van der Waals surface area contributed by atoms with E-state index in [1.165, 1.54) is 0 Å². The van der Waals surface area contributed by atoms with Gasteiger partial charge in [0, 0.05) is 0 Å². The standard InChI is InChI=1S/C15H11F3O3/c1-10-2-6-12(7-3-10)20-14(19)21-13-8-4-11(5-9-13)15(16,17)18/h2-9H,1H3. The molecule has 0 aliphatic rings. The normalized spacial score (nSPS) is 11.0. The van der Waals surface area contributed by atoms with Gasteiger partial charge in [-0.2, -0.15) is 13.2 Å². The number of aryl methyl sites for hydroxylation is 1. The first-order valence-electron chi connectivity index (χ1n) is 5.98. The summed E-state index contributed by atoms with van der Waals surface area (Å²) in [6.07, 6.45) is -5.44. The molecule has 110 valence electrons. The lowest BCUT2D eigenvalue weighted by molar-refractivity contribution is -0.137. The molecule has 0 aliphatic heterocycles. The smallest absolute Gasteiger partial charge is 0.395 e. The summed E-state index contributed by atoms with van der Waals surface area (Å²) in [4.78, 5) is 11.5. The number of ether oxygens (including phenoxy) is 2. The highest BCUT2D eigenvalue weighted by molar-refractivity contribution is 5.67. The second kappa shape index (κ2) is 5.87. The Morgan fingerprint density at radius 2 is 1.29 bits per heavy atom. The van der Waals surface area contributed by atoms with E-state index in [1.54, 1.807) is 24.3 Å². The molecule has 0 fully saturated rings. The van der Waals surface area contributed by atoms with Crippen molar-refractivity contribution in [1.82, 2.24) is 0 Å². The van der Waals surface area contributed by atoms with Gasteiger partial charge in [-0.1, -0.05) is 17.7 Å². The molecule has 0 spiro atoms. The van der Waals surface area contributed by atoms with Crippen LogP contribution in [0.5, 0.6) is 11.5 Å². The number of alkyl halides is 3. The third-order valence-electron chi connectivity index (χ3n) is 2.60. The Balaban J connectivity index is 1.98. The molecule has 0 bridgehead atoms. The minimum atomic E-state index is -4.43. The zero-order valence-corrected chi connectivity index (χ0v) is 11.0. The Kier molecular flexibility index (Phi) is 4.16. The predicted octanol–water partition coefficient (Wildman–Crippen LogP) is 4.59. The summed E-state index contributed by atoms with van der Waals surface area (Å²) in [5, 5.41) is 0. The molecular formula is C15H11F3O3. The van der Waals surface area contributed by atoms with Crippen LogP contribution in [0, 0.1) is 6.92 Å². The zero-order chi connectivity index (χ0) is 15.5. The molecule has 2 aromatic carbocycles. The number of hydrogen-bond acceptors (Lipinski definition) is 3. The van der Waals surface area contributed by atoms with E-state index in [4.69, 9.17) is 9.47 Å². The van der Waals surface area contributed by atoms with Gasteiger partial charge in [0.2, 0.25) is 0 Å². The SMILES string of the molecule is Cc1ccc(OC(=O)Oc2ccc(C(F)(F)F)cc2)cc1. The molecule has 0 amide bonds. The number of hydrogen-bond donors (Lipinski definition) is 0. The Morgan fingerprint density at radius 1 is 0.857 bits per heavy atom. The van der Waals surface area contributed by atoms with Gasteiger partial charge in [0.05, 0.1) is 5.56 Å². The Morgan fingerprint density at radius 3 is 1.71 bits per heavy atom. The van der Waals surface area contributed by atoms with Crippen LogP contribution >= 0.6 is 0 Å². The summed E-state index contributed by atoms with van der Waals surface area (Å²) in [7, 11) is 0. The van der Waals surface area contributed by atoms with Gasteiger partial charge in [0.15, 0.2) is 0 Å². The molecule has 0 radical (unpaired) electrons. The third-order valence-corrected chi connectivity index (χ3v) is 2.60. The topological polar surface area (TPSA) is 35.5 Å². The molecule has 0 atom stereocenters. The van der Waals surface area contributed by atoms with Gasteiger partial charge in [-0.15, -0.1) is 0 Å². The summed E-state index contributed by atoms with van der Waals surface area (Å²) < 4.78 is 46.8. The van der Waals surface area contributed by atoms with Crippen LogP contribution in [-0.2, 0) is 6.18 Å². The van der Waals surface area contributed by atoms with E-state index in [1.807, 2.05) is 6.92 Å². The molecule has 0 aliphatic carbocycles. The Hall–Kier alpha value is -2.50. The second-order valence-electron chi connectivity index (χ2n) is 4.29. The first kappa shape index (κ1) is 14.9. The number of carbonyl (C=O) groups excluding carboxylic acids is 1. The van der Waals surface area contributed by atoms with Crippen LogP contribution in [0.1, 0.15) is 11.1 Å². The fourth-order valence-corrected chi connectivity index (χ4v) is 1.53. The highest BCUT2D eigenvalue weighted by Gasteiger charge is 2.30. The highest BCUT2D eigenvalue weighted by atomic mass is 19.4. The number of rotatable bonds is 2. The van der Waals surface area contributed by atoms with Crippen molar-refractivity contribution in [3.05, 3.63) is 59.7 Å². The average molecular weight is 296 g/mol. The number of carbonyl (C=O) groups is 1. The van der Waals surface area contributed by atoms with Crippen molar-refractivity contribution in [3.63, 3.8) is 0 Å². The van der Waals surface area contributed by atoms with Crippen molar-refractivity contribution >= 4 is 6.16 Å². The maximum atomic E-state index is 12.4. The van der Waals surface area contributed by atoms with Crippen LogP contribution in [0.2, 0.25) is 0 Å². The average Bonchev–Trinajstić information content (AvgIpc) is 2.41. The van der Waals surface area contributed by atoms with Gasteiger partial charge in [-0.3, -0.25) is 0 Å². The van der Waals surface area contributed by atoms with E-state index in [-0.39, 0.29) is 11.5 Å². The molecule has 2 aromatic rings. The van der Waals surface area contributed by atoms with Crippen molar-refractivity contribution in [2.75, 3.05) is 0 Å². The van der Waals surface area contributed by atoms with Gasteiger partial charge in [0.1, 0.15) is 11.5 Å². The molecule has 21 heavy (non-hydrogen) atoms. The summed E-state index contributed by atoms with van der Waals surface area (Å²) in [6.45, 7) is 1.88. The molecule has 3 nitrogen and oxygen atoms in total. The van der Waals surface area contributed by atoms with Crippen molar-refractivity contribution in [2.45, 2.75) is 13.1 Å². The number of halogens is 3. The van der Waals surface area contributed by atoms with Crippen molar-refractivity contribution in [1.29, 1.82) is 0 Å². The summed E-state index contributed by atoms with van der Waals surface area (Å²) in [5.41, 5.74) is 0.181. The molecule has 2 rings (SSSR count). The van der Waals surface area contributed by atoms with Crippen molar-refractivity contribution < 1.29 is 27.4 Å². The molecule has 0 N–H and O–H groups in total. The summed E-state index contributed by atoms with van der Waals surface area (Å²) in [6, 6.07) is 10.4. The predicted molar refractivity (Wildman–Crippen MR) is 69.3 cm³/mol. The van der Waals surface area contributed by atoms with Gasteiger partial charge in [-0.05, 0) is 43.3 Å². The first-order chi connectivity index (χ1) is 9.84. The monoisotopic (exact) mass is 296 g/mol. The van der Waals surface area contributed by atoms with E-state index < -0.39 is 17.9 Å². The molecule has 0 unspecified atom stereocenters. The third kappa shape index (κ3) is 4.24.